The van der Waals surface area contributed by atoms with Gasteiger partial charge in [0.1, 0.15) is 10.7 Å². The minimum Gasteiger partial charge on any atom is -0.345 e. The molecule has 0 saturated carbocycles. The molecule has 2 aromatic carbocycles. The summed E-state index contributed by atoms with van der Waals surface area (Å²) in [4.78, 5) is 14.8. The quantitative estimate of drug-likeness (QED) is 0.785. The summed E-state index contributed by atoms with van der Waals surface area (Å²) in [5, 5.41) is 3.45. The molecule has 1 amide bonds. The number of nitrogens with one attached hydrogen (secondary N) is 1. The average molecular weight is 432 g/mol. The van der Waals surface area contributed by atoms with E-state index in [-0.39, 0.29) is 22.4 Å². The molecule has 2 heterocycles. The van der Waals surface area contributed by atoms with Crippen molar-refractivity contribution in [2.24, 2.45) is 4.40 Å². The first-order valence-corrected chi connectivity index (χ1v) is 11.5. The third-order valence-electron chi connectivity index (χ3n) is 5.33. The van der Waals surface area contributed by atoms with Crippen molar-refractivity contribution >= 4 is 39.1 Å². The summed E-state index contributed by atoms with van der Waals surface area (Å²) in [6, 6.07) is 11.8. The van der Waals surface area contributed by atoms with Gasteiger partial charge in [0, 0.05) is 23.6 Å². The number of sulfonamides is 1. The van der Waals surface area contributed by atoms with Crippen LogP contribution in [0.4, 0.5) is 5.69 Å². The molecule has 0 radical (unpaired) electrons. The highest BCUT2D eigenvalue weighted by Gasteiger charge is 2.32. The van der Waals surface area contributed by atoms with Gasteiger partial charge in [-0.2, -0.15) is 8.42 Å². The molecule has 0 unspecified atom stereocenters. The monoisotopic (exact) mass is 431 g/mol. The number of carbonyl (C=O) groups excluding carboxylic acids is 1. The summed E-state index contributed by atoms with van der Waals surface area (Å²) in [5.41, 5.74) is 1.68. The lowest BCUT2D eigenvalue weighted by atomic mass is 10.1. The molecular formula is C21H22ClN3O3S. The molecule has 4 rings (SSSR count). The van der Waals surface area contributed by atoms with Crippen LogP contribution in [0.15, 0.2) is 51.8 Å². The molecule has 29 heavy (non-hydrogen) atoms. The third kappa shape index (κ3) is 3.89. The summed E-state index contributed by atoms with van der Waals surface area (Å²) in [5.74, 6) is 0.237. The van der Waals surface area contributed by atoms with Gasteiger partial charge in [0.05, 0.1) is 11.7 Å². The van der Waals surface area contributed by atoms with Gasteiger partial charge in [-0.3, -0.25) is 4.79 Å². The van der Waals surface area contributed by atoms with Gasteiger partial charge in [0.2, 0.25) is 0 Å². The van der Waals surface area contributed by atoms with Crippen molar-refractivity contribution < 1.29 is 13.2 Å². The molecule has 0 bridgehead atoms. The van der Waals surface area contributed by atoms with Gasteiger partial charge in [-0.1, -0.05) is 36.2 Å². The van der Waals surface area contributed by atoms with E-state index in [4.69, 9.17) is 11.6 Å². The summed E-state index contributed by atoms with van der Waals surface area (Å²) in [6.45, 7) is 2.57. The van der Waals surface area contributed by atoms with Crippen molar-refractivity contribution in [3.05, 3.63) is 58.6 Å². The normalized spacial score (nSPS) is 18.7. The molecule has 0 aromatic heterocycles. The number of rotatable bonds is 3. The number of nitrogens with zero attached hydrogens (tertiary/aromatic N) is 2. The fraction of sp³-hybridized carbons (Fsp3) is 0.333. The van der Waals surface area contributed by atoms with Crippen LogP contribution in [0.2, 0.25) is 5.02 Å². The van der Waals surface area contributed by atoms with E-state index in [1.807, 2.05) is 30.0 Å². The maximum atomic E-state index is 12.8. The third-order valence-corrected chi connectivity index (χ3v) is 7.01. The lowest BCUT2D eigenvalue weighted by molar-refractivity contribution is 0.0939. The second kappa shape index (κ2) is 7.80. The highest BCUT2D eigenvalue weighted by Crippen LogP contribution is 2.35. The number of amides is 1. The predicted molar refractivity (Wildman–Crippen MR) is 114 cm³/mol. The van der Waals surface area contributed by atoms with Crippen molar-refractivity contribution in [1.29, 1.82) is 0 Å². The summed E-state index contributed by atoms with van der Waals surface area (Å²) < 4.78 is 29.5. The minimum atomic E-state index is -3.83. The van der Waals surface area contributed by atoms with Crippen LogP contribution in [0.25, 0.3) is 0 Å². The van der Waals surface area contributed by atoms with Gasteiger partial charge in [-0.05, 0) is 49.6 Å². The topological polar surface area (TPSA) is 78.8 Å². The van der Waals surface area contributed by atoms with E-state index in [9.17, 15) is 13.2 Å². The molecule has 1 fully saturated rings. The fourth-order valence-corrected chi connectivity index (χ4v) is 5.39. The molecule has 2 aromatic rings. The van der Waals surface area contributed by atoms with Crippen LogP contribution in [0, 0.1) is 0 Å². The predicted octanol–water partition coefficient (Wildman–Crippen LogP) is 4.31. The molecule has 1 atom stereocenters. The summed E-state index contributed by atoms with van der Waals surface area (Å²) >= 11 is 6.21. The first-order valence-electron chi connectivity index (χ1n) is 9.67. The van der Waals surface area contributed by atoms with E-state index >= 15 is 0 Å². The van der Waals surface area contributed by atoms with Crippen molar-refractivity contribution in [3.8, 4) is 0 Å². The Morgan fingerprint density at radius 3 is 2.76 bits per heavy atom. The number of carbonyl (C=O) groups is 1. The number of fused-ring (bicyclic) bond motifs is 3. The highest BCUT2D eigenvalue weighted by molar-refractivity contribution is 7.90. The number of halogens is 1. The molecule has 1 saturated heterocycles. The van der Waals surface area contributed by atoms with E-state index in [1.165, 1.54) is 6.07 Å². The largest absolute Gasteiger partial charge is 0.345 e. The van der Waals surface area contributed by atoms with E-state index in [0.717, 1.165) is 31.4 Å². The smallest absolute Gasteiger partial charge is 0.286 e. The van der Waals surface area contributed by atoms with Crippen molar-refractivity contribution in [1.82, 2.24) is 5.32 Å². The maximum Gasteiger partial charge on any atom is 0.286 e. The number of benzene rings is 2. The molecule has 2 aliphatic heterocycles. The second-order valence-corrected chi connectivity index (χ2v) is 9.32. The number of hydrogen-bond donors (Lipinski definition) is 1. The first-order chi connectivity index (χ1) is 13.9. The van der Waals surface area contributed by atoms with Crippen LogP contribution >= 0.6 is 11.6 Å². The van der Waals surface area contributed by atoms with Crippen LogP contribution in [0.3, 0.4) is 0 Å². The van der Waals surface area contributed by atoms with Crippen molar-refractivity contribution in [3.63, 3.8) is 0 Å². The average Bonchev–Trinajstić information content (AvgIpc) is 2.92. The molecular weight excluding hydrogens is 410 g/mol. The minimum absolute atomic E-state index is 0.0844. The van der Waals surface area contributed by atoms with Gasteiger partial charge in [-0.15, -0.1) is 4.40 Å². The molecule has 152 valence electrons. The Morgan fingerprint density at radius 1 is 1.17 bits per heavy atom. The fourth-order valence-electron chi connectivity index (χ4n) is 3.81. The molecule has 2 aliphatic rings. The highest BCUT2D eigenvalue weighted by atomic mass is 35.5. The van der Waals surface area contributed by atoms with Gasteiger partial charge >= 0.3 is 0 Å². The molecule has 0 aliphatic carbocycles. The Balaban J connectivity index is 1.64. The van der Waals surface area contributed by atoms with Gasteiger partial charge in [0.15, 0.2) is 0 Å². The van der Waals surface area contributed by atoms with Crippen molar-refractivity contribution in [2.75, 3.05) is 11.4 Å². The first kappa shape index (κ1) is 19.9. The van der Waals surface area contributed by atoms with Gasteiger partial charge < -0.3 is 10.2 Å². The molecule has 1 N–H and O–H groups in total. The maximum absolute atomic E-state index is 12.8. The SMILES string of the molecule is C[C@H](NC(=O)c1ccc2c(c1)S(=O)(=O)N=C1CCCCCN12)c1ccccc1Cl. The molecule has 6 nitrogen and oxygen atoms in total. The Labute approximate surface area is 175 Å². The number of anilines is 1. The zero-order chi connectivity index (χ0) is 20.6. The number of hydrogen-bond acceptors (Lipinski definition) is 4. The standard InChI is InChI=1S/C21H22ClN3O3S/c1-14(16-7-4-5-8-17(16)22)23-21(26)15-10-11-18-19(13-15)29(27,28)24-20-9-3-2-6-12-25(18)20/h4-5,7-8,10-11,13-14H,2-3,6,9,12H2,1H3,(H,23,26)/t14-/m0/s1. The molecule has 0 spiro atoms. The van der Waals surface area contributed by atoms with Crippen LogP contribution < -0.4 is 10.2 Å². The Kier molecular flexibility index (Phi) is 5.36. The van der Waals surface area contributed by atoms with Gasteiger partial charge in [0.25, 0.3) is 15.9 Å². The van der Waals surface area contributed by atoms with Crippen LogP contribution in [0.1, 0.15) is 54.6 Å². The van der Waals surface area contributed by atoms with E-state index < -0.39 is 10.0 Å². The van der Waals surface area contributed by atoms with Crippen LogP contribution in [-0.4, -0.2) is 26.7 Å². The summed E-state index contributed by atoms with van der Waals surface area (Å²) in [7, 11) is -3.83. The van der Waals surface area contributed by atoms with Crippen LogP contribution in [-0.2, 0) is 10.0 Å². The number of amidine groups is 1. The lowest BCUT2D eigenvalue weighted by Gasteiger charge is -2.29. The van der Waals surface area contributed by atoms with Crippen molar-refractivity contribution in [2.45, 2.75) is 43.5 Å². The zero-order valence-electron chi connectivity index (χ0n) is 16.1. The van der Waals surface area contributed by atoms with E-state index in [0.29, 0.717) is 23.0 Å². The molecule has 8 heteroatoms. The zero-order valence-corrected chi connectivity index (χ0v) is 17.6. The Bertz CT molecular complexity index is 1100. The Hall–Kier alpha value is -2.38. The summed E-state index contributed by atoms with van der Waals surface area (Å²) in [6.07, 6.45) is 3.61. The van der Waals surface area contributed by atoms with Crippen LogP contribution in [0.5, 0.6) is 0 Å². The Morgan fingerprint density at radius 2 is 1.97 bits per heavy atom. The second-order valence-electron chi connectivity index (χ2n) is 7.34. The van der Waals surface area contributed by atoms with E-state index in [1.54, 1.807) is 18.2 Å². The van der Waals surface area contributed by atoms with E-state index in [2.05, 4.69) is 9.71 Å². The lowest BCUT2D eigenvalue weighted by Crippen LogP contribution is -2.35. The van der Waals surface area contributed by atoms with Gasteiger partial charge in [-0.25, -0.2) is 0 Å².